The summed E-state index contributed by atoms with van der Waals surface area (Å²) in [6.45, 7) is 13.3. The lowest BCUT2D eigenvalue weighted by Gasteiger charge is -2.64. The molecule has 4 amide bonds. The van der Waals surface area contributed by atoms with Gasteiger partial charge in [-0.1, -0.05) is 89.2 Å². The molecule has 3 aliphatic heterocycles. The topological polar surface area (TPSA) is 136 Å². The summed E-state index contributed by atoms with van der Waals surface area (Å²) in [6, 6.07) is 15.2. The fraction of sp³-hybridized carbons (Fsp3) is 0.600. The van der Waals surface area contributed by atoms with E-state index >= 15 is 0 Å². The number of ether oxygens (including phenoxy) is 2. The van der Waals surface area contributed by atoms with Crippen molar-refractivity contribution >= 4 is 31.1 Å². The summed E-state index contributed by atoms with van der Waals surface area (Å²) in [7, 11) is -0.630. The molecule has 8 rings (SSSR count). The standard InChI is InChI=1S/C40H53BN4O8/c1-7-33(41-52-32-18-28-17-31(39(28,4)5)40(32,6)53-41)42-35(46)30-19-29(51-38(49)44-20-26-15-11-12-16-27(26)21-44)22-45(30)36(47)34(24(2)3)43-37(48)50-23-25-13-9-8-10-14-25/h8-16,24,28-34H,7,17-23H2,1-6H3,(H,42,46)(H,43,48)/t28-,29+,30-,31-,32+,33-,34-,40-/m0/s1. The first kappa shape index (κ1) is 37.2. The number of alkyl carbamates (subject to hydrolysis) is 1. The molecule has 2 bridgehead atoms. The first-order chi connectivity index (χ1) is 25.3. The fourth-order valence-electron chi connectivity index (χ4n) is 9.35. The minimum absolute atomic E-state index is 0.00106. The number of hydrogen-bond donors (Lipinski definition) is 2. The molecule has 3 saturated carbocycles. The van der Waals surface area contributed by atoms with E-state index in [9.17, 15) is 19.2 Å². The van der Waals surface area contributed by atoms with Gasteiger partial charge in [0.2, 0.25) is 11.8 Å². The molecule has 2 saturated heterocycles. The van der Waals surface area contributed by atoms with Gasteiger partial charge in [0.25, 0.3) is 0 Å². The van der Waals surface area contributed by atoms with Gasteiger partial charge >= 0.3 is 19.3 Å². The highest BCUT2D eigenvalue weighted by Crippen LogP contribution is 2.65. The fourth-order valence-corrected chi connectivity index (χ4v) is 9.35. The van der Waals surface area contributed by atoms with Crippen LogP contribution < -0.4 is 10.6 Å². The van der Waals surface area contributed by atoms with E-state index in [0.29, 0.717) is 31.3 Å². The Labute approximate surface area is 312 Å². The maximum Gasteiger partial charge on any atom is 0.481 e. The zero-order valence-electron chi connectivity index (χ0n) is 31.7. The van der Waals surface area contributed by atoms with Crippen LogP contribution >= 0.6 is 0 Å². The summed E-state index contributed by atoms with van der Waals surface area (Å²) >= 11 is 0. The summed E-state index contributed by atoms with van der Waals surface area (Å²) in [5.74, 6) is -0.664. The third-order valence-electron chi connectivity index (χ3n) is 12.7. The van der Waals surface area contributed by atoms with Gasteiger partial charge in [0, 0.05) is 19.5 Å². The van der Waals surface area contributed by atoms with Crippen molar-refractivity contribution < 1.29 is 38.0 Å². The average Bonchev–Trinajstić information content (AvgIpc) is 3.86. The maximum atomic E-state index is 14.3. The summed E-state index contributed by atoms with van der Waals surface area (Å²) in [6.07, 6.45) is 0.682. The molecule has 2 aromatic carbocycles. The number of nitrogens with zero attached hydrogens (tertiary/aromatic N) is 2. The minimum atomic E-state index is -0.988. The number of fused-ring (bicyclic) bond motifs is 1. The Hall–Kier alpha value is -4.10. The molecule has 3 heterocycles. The zero-order valence-corrected chi connectivity index (χ0v) is 31.7. The summed E-state index contributed by atoms with van der Waals surface area (Å²) in [4.78, 5) is 58.1. The van der Waals surface area contributed by atoms with Crippen molar-refractivity contribution in [2.24, 2.45) is 23.2 Å². The molecule has 5 fully saturated rings. The Balaban J connectivity index is 1.05. The Morgan fingerprint density at radius 1 is 0.943 bits per heavy atom. The van der Waals surface area contributed by atoms with Gasteiger partial charge in [-0.15, -0.1) is 0 Å². The first-order valence-corrected chi connectivity index (χ1v) is 19.2. The van der Waals surface area contributed by atoms with Gasteiger partial charge in [-0.05, 0) is 66.0 Å². The predicted octanol–water partition coefficient (Wildman–Crippen LogP) is 5.22. The van der Waals surface area contributed by atoms with Crippen LogP contribution in [0, 0.1) is 23.2 Å². The highest BCUT2D eigenvalue weighted by molar-refractivity contribution is 6.47. The molecule has 6 aliphatic rings. The number of rotatable bonds is 10. The third-order valence-corrected chi connectivity index (χ3v) is 12.7. The van der Waals surface area contributed by atoms with Crippen LogP contribution in [0.1, 0.15) is 83.9 Å². The molecule has 8 atom stereocenters. The highest BCUT2D eigenvalue weighted by atomic mass is 16.7. The SMILES string of the molecule is CC[C@H](NC(=O)[C@@H]1C[C@@H](OC(=O)N2Cc3ccccc3C2)CN1C(=O)[C@@H](NC(=O)OCc1ccccc1)C(C)C)B1O[C@@H]2C[C@@H]3C[C@@H](C3(C)C)[C@]2(C)O1. The van der Waals surface area contributed by atoms with Crippen LogP contribution in [0.25, 0.3) is 0 Å². The van der Waals surface area contributed by atoms with Crippen molar-refractivity contribution in [1.29, 1.82) is 0 Å². The summed E-state index contributed by atoms with van der Waals surface area (Å²) in [5.41, 5.74) is 2.68. The molecule has 0 spiro atoms. The molecule has 0 aromatic heterocycles. The quantitative estimate of drug-likeness (QED) is 0.318. The lowest BCUT2D eigenvalue weighted by molar-refractivity contribution is -0.199. The Morgan fingerprint density at radius 2 is 1.62 bits per heavy atom. The number of carbonyl (C=O) groups is 4. The largest absolute Gasteiger partial charge is 0.481 e. The Bertz CT molecular complexity index is 1680. The van der Waals surface area contributed by atoms with Crippen molar-refractivity contribution in [3.63, 3.8) is 0 Å². The van der Waals surface area contributed by atoms with E-state index in [4.69, 9.17) is 18.8 Å². The van der Waals surface area contributed by atoms with E-state index in [-0.39, 0.29) is 42.9 Å². The number of nitrogens with one attached hydrogen (secondary N) is 2. The molecule has 13 heteroatoms. The van der Waals surface area contributed by atoms with Gasteiger partial charge in [-0.2, -0.15) is 0 Å². The smallest absolute Gasteiger partial charge is 0.445 e. The third kappa shape index (κ3) is 7.14. The molecule has 12 nitrogen and oxygen atoms in total. The lowest BCUT2D eigenvalue weighted by Crippen LogP contribution is -2.65. The van der Waals surface area contributed by atoms with E-state index < -0.39 is 54.9 Å². The van der Waals surface area contributed by atoms with Crippen LogP contribution in [0.4, 0.5) is 9.59 Å². The minimum Gasteiger partial charge on any atom is -0.445 e. The number of amides is 4. The van der Waals surface area contributed by atoms with E-state index in [1.165, 1.54) is 4.90 Å². The van der Waals surface area contributed by atoms with Gasteiger partial charge in [-0.25, -0.2) is 9.59 Å². The first-order valence-electron chi connectivity index (χ1n) is 19.2. The van der Waals surface area contributed by atoms with Gasteiger partial charge in [-0.3, -0.25) is 14.5 Å². The molecule has 0 unspecified atom stereocenters. The molecule has 0 radical (unpaired) electrons. The Morgan fingerprint density at radius 3 is 2.26 bits per heavy atom. The van der Waals surface area contributed by atoms with Gasteiger partial charge < -0.3 is 34.3 Å². The van der Waals surface area contributed by atoms with Gasteiger partial charge in [0.1, 0.15) is 24.8 Å². The summed E-state index contributed by atoms with van der Waals surface area (Å²) < 4.78 is 24.7. The molecular formula is C40H53BN4O8. The van der Waals surface area contributed by atoms with Crippen LogP contribution in [0.3, 0.4) is 0 Å². The second-order valence-electron chi connectivity index (χ2n) is 16.7. The van der Waals surface area contributed by atoms with Crippen LogP contribution in [0.2, 0.25) is 0 Å². The van der Waals surface area contributed by atoms with Crippen LogP contribution in [0.5, 0.6) is 0 Å². The van der Waals surface area contributed by atoms with Crippen LogP contribution in [-0.2, 0) is 48.1 Å². The average molecular weight is 729 g/mol. The van der Waals surface area contributed by atoms with Crippen LogP contribution in [-0.4, -0.2) is 83.3 Å². The second kappa shape index (κ2) is 14.6. The van der Waals surface area contributed by atoms with E-state index in [1.807, 2.05) is 75.4 Å². The predicted molar refractivity (Wildman–Crippen MR) is 197 cm³/mol. The van der Waals surface area contributed by atoms with Crippen molar-refractivity contribution in [3.05, 3.63) is 71.3 Å². The lowest BCUT2D eigenvalue weighted by atomic mass is 9.43. The van der Waals surface area contributed by atoms with Gasteiger partial charge in [0.15, 0.2) is 0 Å². The van der Waals surface area contributed by atoms with Crippen molar-refractivity contribution in [1.82, 2.24) is 20.4 Å². The molecule has 2 N–H and O–H groups in total. The molecule has 53 heavy (non-hydrogen) atoms. The number of likely N-dealkylation sites (tertiary alicyclic amines) is 1. The van der Waals surface area contributed by atoms with E-state index in [0.717, 1.165) is 29.5 Å². The normalized spacial score (nSPS) is 29.1. The van der Waals surface area contributed by atoms with Crippen molar-refractivity contribution in [2.75, 3.05) is 6.54 Å². The molecule has 2 aromatic rings. The highest BCUT2D eigenvalue weighted by Gasteiger charge is 2.68. The van der Waals surface area contributed by atoms with Crippen molar-refractivity contribution in [2.45, 2.75) is 123 Å². The monoisotopic (exact) mass is 728 g/mol. The van der Waals surface area contributed by atoms with Gasteiger partial charge in [0.05, 0.1) is 24.2 Å². The van der Waals surface area contributed by atoms with Crippen LogP contribution in [0.15, 0.2) is 54.6 Å². The second-order valence-corrected chi connectivity index (χ2v) is 16.7. The summed E-state index contributed by atoms with van der Waals surface area (Å²) in [5, 5.41) is 5.89. The number of benzene rings is 2. The Kier molecular flexibility index (Phi) is 10.3. The van der Waals surface area contributed by atoms with E-state index in [2.05, 4.69) is 31.4 Å². The maximum absolute atomic E-state index is 14.3. The molecular weight excluding hydrogens is 675 g/mol. The molecule has 3 aliphatic carbocycles. The number of carbonyl (C=O) groups excluding carboxylic acids is 4. The van der Waals surface area contributed by atoms with Crippen molar-refractivity contribution in [3.8, 4) is 0 Å². The zero-order chi connectivity index (χ0) is 37.7. The molecule has 284 valence electrons. The van der Waals surface area contributed by atoms with E-state index in [1.54, 1.807) is 4.90 Å². The number of hydrogen-bond acceptors (Lipinski definition) is 8.